The predicted octanol–water partition coefficient (Wildman–Crippen LogP) is 2.24. The second-order valence-electron chi connectivity index (χ2n) is 4.73. The van der Waals surface area contributed by atoms with Gasteiger partial charge in [0.15, 0.2) is 0 Å². The van der Waals surface area contributed by atoms with Crippen molar-refractivity contribution in [3.05, 3.63) is 65.7 Å². The monoisotopic (exact) mass is 341 g/mol. The Hall–Kier alpha value is -2.32. The summed E-state index contributed by atoms with van der Waals surface area (Å²) in [5.41, 5.74) is 0.256. The van der Waals surface area contributed by atoms with Gasteiger partial charge in [0, 0.05) is 6.54 Å². The number of benzene rings is 2. The van der Waals surface area contributed by atoms with Crippen molar-refractivity contribution in [1.29, 1.82) is 0 Å². The molecule has 0 saturated heterocycles. The first-order chi connectivity index (χ1) is 10.8. The predicted molar refractivity (Wildman–Crippen MR) is 78.0 cm³/mol. The quantitative estimate of drug-likeness (QED) is 0.874. The van der Waals surface area contributed by atoms with Crippen LogP contribution in [-0.4, -0.2) is 30.3 Å². The van der Waals surface area contributed by atoms with Gasteiger partial charge < -0.3 is 5.11 Å². The molecule has 2 rings (SSSR count). The van der Waals surface area contributed by atoms with Crippen molar-refractivity contribution >= 4 is 16.0 Å². The van der Waals surface area contributed by atoms with Gasteiger partial charge in [-0.3, -0.25) is 4.79 Å². The number of nitrogens with zero attached hydrogens (tertiary/aromatic N) is 1. The van der Waals surface area contributed by atoms with Crippen LogP contribution in [0.5, 0.6) is 0 Å². The molecule has 0 aliphatic rings. The summed E-state index contributed by atoms with van der Waals surface area (Å²) in [6.45, 7) is -1.26. The number of carboxylic acids is 1. The maximum absolute atomic E-state index is 13.8. The fourth-order valence-corrected chi connectivity index (χ4v) is 3.45. The number of hydrogen-bond acceptors (Lipinski definition) is 3. The summed E-state index contributed by atoms with van der Waals surface area (Å²) in [5.74, 6) is -2.97. The average molecular weight is 341 g/mol. The van der Waals surface area contributed by atoms with Crippen molar-refractivity contribution in [2.45, 2.75) is 11.4 Å². The first-order valence-electron chi connectivity index (χ1n) is 6.51. The summed E-state index contributed by atoms with van der Waals surface area (Å²) in [5, 5.41) is 8.92. The highest BCUT2D eigenvalue weighted by molar-refractivity contribution is 7.89. The van der Waals surface area contributed by atoms with Gasteiger partial charge in [0.05, 0.1) is 0 Å². The number of halogens is 2. The average Bonchev–Trinajstić information content (AvgIpc) is 2.46. The van der Waals surface area contributed by atoms with Gasteiger partial charge >= 0.3 is 5.97 Å². The molecule has 23 heavy (non-hydrogen) atoms. The fraction of sp³-hybridized carbons (Fsp3) is 0.133. The van der Waals surface area contributed by atoms with Gasteiger partial charge in [-0.1, -0.05) is 24.3 Å². The van der Waals surface area contributed by atoms with E-state index in [1.54, 1.807) is 0 Å². The molecule has 0 bridgehead atoms. The maximum atomic E-state index is 13.8. The molecule has 5 nitrogen and oxygen atoms in total. The lowest BCUT2D eigenvalue weighted by Crippen LogP contribution is -2.35. The minimum Gasteiger partial charge on any atom is -0.480 e. The first kappa shape index (κ1) is 17.0. The summed E-state index contributed by atoms with van der Waals surface area (Å²) < 4.78 is 52.6. The fourth-order valence-electron chi connectivity index (χ4n) is 2.01. The summed E-state index contributed by atoms with van der Waals surface area (Å²) in [7, 11) is -4.38. The van der Waals surface area contributed by atoms with Crippen LogP contribution in [0.3, 0.4) is 0 Å². The van der Waals surface area contributed by atoms with Crippen LogP contribution in [0.4, 0.5) is 8.78 Å². The third-order valence-corrected chi connectivity index (χ3v) is 4.84. The zero-order valence-electron chi connectivity index (χ0n) is 11.8. The molecule has 0 saturated carbocycles. The minimum absolute atomic E-state index is 0.256. The van der Waals surface area contributed by atoms with E-state index in [2.05, 4.69) is 0 Å². The topological polar surface area (TPSA) is 74.7 Å². The molecule has 0 unspecified atom stereocenters. The molecule has 2 aromatic carbocycles. The van der Waals surface area contributed by atoms with Crippen LogP contribution < -0.4 is 0 Å². The van der Waals surface area contributed by atoms with E-state index >= 15 is 0 Å². The highest BCUT2D eigenvalue weighted by Crippen LogP contribution is 2.21. The van der Waals surface area contributed by atoms with Crippen molar-refractivity contribution in [1.82, 2.24) is 4.31 Å². The van der Waals surface area contributed by atoms with Gasteiger partial charge in [-0.15, -0.1) is 0 Å². The van der Waals surface area contributed by atoms with Crippen LogP contribution in [-0.2, 0) is 21.4 Å². The summed E-state index contributed by atoms with van der Waals surface area (Å²) >= 11 is 0. The molecule has 0 aliphatic heterocycles. The van der Waals surface area contributed by atoms with Crippen LogP contribution in [0.1, 0.15) is 5.56 Å². The molecule has 0 fully saturated rings. The lowest BCUT2D eigenvalue weighted by atomic mass is 10.2. The smallest absolute Gasteiger partial charge is 0.318 e. The Morgan fingerprint density at radius 3 is 2.39 bits per heavy atom. The molecular weight excluding hydrogens is 328 g/mol. The normalized spacial score (nSPS) is 11.6. The Morgan fingerprint density at radius 1 is 1.09 bits per heavy atom. The Balaban J connectivity index is 2.42. The van der Waals surface area contributed by atoms with Gasteiger partial charge in [0.2, 0.25) is 10.0 Å². The van der Waals surface area contributed by atoms with E-state index in [1.807, 2.05) is 0 Å². The van der Waals surface area contributed by atoms with E-state index in [0.29, 0.717) is 4.31 Å². The van der Waals surface area contributed by atoms with Gasteiger partial charge in [-0.25, -0.2) is 17.2 Å². The van der Waals surface area contributed by atoms with Crippen LogP contribution in [0.15, 0.2) is 53.4 Å². The third-order valence-electron chi connectivity index (χ3n) is 3.01. The lowest BCUT2D eigenvalue weighted by Gasteiger charge is -2.20. The van der Waals surface area contributed by atoms with Gasteiger partial charge in [-0.2, -0.15) is 4.31 Å². The van der Waals surface area contributed by atoms with Crippen LogP contribution >= 0.6 is 0 Å². The molecular formula is C15H13F2NO4S. The number of aliphatic carboxylic acids is 1. The van der Waals surface area contributed by atoms with Crippen molar-refractivity contribution in [2.24, 2.45) is 0 Å². The Labute approximate surface area is 131 Å². The number of carbonyl (C=O) groups is 1. The third kappa shape index (κ3) is 4.11. The van der Waals surface area contributed by atoms with Crippen molar-refractivity contribution in [2.75, 3.05) is 6.54 Å². The minimum atomic E-state index is -4.38. The number of sulfonamides is 1. The molecule has 0 atom stereocenters. The van der Waals surface area contributed by atoms with Gasteiger partial charge in [0.25, 0.3) is 0 Å². The molecule has 0 aliphatic carbocycles. The molecule has 0 heterocycles. The number of carboxylic acid groups (broad SMARTS) is 1. The zero-order chi connectivity index (χ0) is 17.0. The van der Waals surface area contributed by atoms with Gasteiger partial charge in [-0.05, 0) is 29.8 Å². The van der Waals surface area contributed by atoms with E-state index < -0.39 is 39.1 Å². The molecule has 0 amide bonds. The Morgan fingerprint density at radius 2 is 1.78 bits per heavy atom. The Bertz CT molecular complexity index is 824. The van der Waals surface area contributed by atoms with Crippen LogP contribution in [0.2, 0.25) is 0 Å². The molecule has 0 radical (unpaired) electrons. The highest BCUT2D eigenvalue weighted by atomic mass is 32.2. The Kier molecular flexibility index (Phi) is 5.07. The largest absolute Gasteiger partial charge is 0.480 e. The second-order valence-corrected chi connectivity index (χ2v) is 6.63. The molecule has 8 heteroatoms. The van der Waals surface area contributed by atoms with Crippen molar-refractivity contribution in [3.63, 3.8) is 0 Å². The summed E-state index contributed by atoms with van der Waals surface area (Å²) in [6, 6.07) is 9.76. The van der Waals surface area contributed by atoms with Crippen LogP contribution in [0, 0.1) is 11.6 Å². The van der Waals surface area contributed by atoms with E-state index in [9.17, 15) is 22.0 Å². The van der Waals surface area contributed by atoms with E-state index in [1.165, 1.54) is 30.3 Å². The maximum Gasteiger partial charge on any atom is 0.318 e. The highest BCUT2D eigenvalue weighted by Gasteiger charge is 2.29. The zero-order valence-corrected chi connectivity index (χ0v) is 12.6. The molecule has 122 valence electrons. The van der Waals surface area contributed by atoms with E-state index in [0.717, 1.165) is 18.2 Å². The summed E-state index contributed by atoms with van der Waals surface area (Å²) in [6.07, 6.45) is 0. The number of hydrogen-bond donors (Lipinski definition) is 1. The van der Waals surface area contributed by atoms with Crippen molar-refractivity contribution < 1.29 is 27.1 Å². The lowest BCUT2D eigenvalue weighted by molar-refractivity contribution is -0.137. The summed E-state index contributed by atoms with van der Waals surface area (Å²) in [4.78, 5) is 10.3. The second kappa shape index (κ2) is 6.84. The van der Waals surface area contributed by atoms with Crippen molar-refractivity contribution in [3.8, 4) is 0 Å². The molecule has 0 aromatic heterocycles. The molecule has 1 N–H and O–H groups in total. The van der Waals surface area contributed by atoms with Crippen LogP contribution in [0.25, 0.3) is 0 Å². The molecule has 2 aromatic rings. The SMILES string of the molecule is O=C(O)CN(Cc1cccc(F)c1)S(=O)(=O)c1ccccc1F. The molecule has 0 spiro atoms. The van der Waals surface area contributed by atoms with E-state index in [-0.39, 0.29) is 12.1 Å². The first-order valence-corrected chi connectivity index (χ1v) is 7.95. The van der Waals surface area contributed by atoms with E-state index in [4.69, 9.17) is 5.11 Å². The van der Waals surface area contributed by atoms with Gasteiger partial charge in [0.1, 0.15) is 23.1 Å². The number of rotatable bonds is 6. The standard InChI is InChI=1S/C15H13F2NO4S/c16-12-5-3-4-11(8-12)9-18(10-15(19)20)23(21,22)14-7-2-1-6-13(14)17/h1-8H,9-10H2,(H,19,20).